The highest BCUT2D eigenvalue weighted by molar-refractivity contribution is 8.33. The Morgan fingerprint density at radius 3 is 1.03 bits per heavy atom. The van der Waals surface area contributed by atoms with Gasteiger partial charge >= 0.3 is 10.1 Å². The Morgan fingerprint density at radius 2 is 0.744 bits per heavy atom. The van der Waals surface area contributed by atoms with Gasteiger partial charge in [0.15, 0.2) is 0 Å². The third-order valence-corrected chi connectivity index (χ3v) is 12.3. The van der Waals surface area contributed by atoms with E-state index in [0.29, 0.717) is 17.8 Å². The first-order chi connectivity index (χ1) is 18.4. The van der Waals surface area contributed by atoms with Crippen molar-refractivity contribution in [1.29, 1.82) is 0 Å². The average molecular weight is 561 g/mol. The van der Waals surface area contributed by atoms with Gasteiger partial charge < -0.3 is 0 Å². The number of rotatable bonds is 9. The maximum absolute atomic E-state index is 14.0. The SMILES string of the molecule is Cc1ccc(S(=O)(=O)OS(c2ccc(C(C)C)cc2)(c2ccc(C(C)C)cc2)c2ccc(C(C)C)cc2)cc1. The van der Waals surface area contributed by atoms with Crippen molar-refractivity contribution in [2.75, 3.05) is 0 Å². The Labute approximate surface area is 236 Å². The van der Waals surface area contributed by atoms with E-state index in [2.05, 4.69) is 77.9 Å². The van der Waals surface area contributed by atoms with E-state index < -0.39 is 20.4 Å². The molecule has 0 radical (unpaired) electrons. The summed E-state index contributed by atoms with van der Waals surface area (Å²) in [5.41, 5.74) is 4.57. The molecule has 0 N–H and O–H groups in total. The Bertz CT molecular complexity index is 1360. The molecule has 0 fully saturated rings. The Hall–Kier alpha value is -2.86. The third-order valence-electron chi connectivity index (χ3n) is 7.14. The standard InChI is InChI=1S/C34H40O3S2/c1-24(2)28-10-18-31(19-11-28)38(32-20-12-29(13-21-32)25(3)4,33-22-14-30(15-23-33)26(5)6)37-39(35,36)34-16-8-27(7)9-17-34/h8-26H,1-7H3. The van der Waals surface area contributed by atoms with Crippen molar-refractivity contribution >= 4 is 20.4 Å². The number of benzene rings is 4. The molecule has 4 aromatic carbocycles. The van der Waals surface area contributed by atoms with Gasteiger partial charge in [0.05, 0.1) is 4.90 Å². The van der Waals surface area contributed by atoms with Crippen LogP contribution in [0.25, 0.3) is 0 Å². The quantitative estimate of drug-likeness (QED) is 0.205. The Morgan fingerprint density at radius 1 is 0.462 bits per heavy atom. The molecule has 0 aliphatic heterocycles. The summed E-state index contributed by atoms with van der Waals surface area (Å²) in [6.45, 7) is 14.9. The molecule has 0 saturated carbocycles. The minimum absolute atomic E-state index is 0.154. The van der Waals surface area contributed by atoms with Crippen molar-refractivity contribution < 1.29 is 12.0 Å². The smallest absolute Gasteiger partial charge is 0.203 e. The summed E-state index contributed by atoms with van der Waals surface area (Å²) in [7, 11) is -6.79. The van der Waals surface area contributed by atoms with Crippen LogP contribution in [0.2, 0.25) is 0 Å². The lowest BCUT2D eigenvalue weighted by Gasteiger charge is -2.40. The van der Waals surface area contributed by atoms with Crippen LogP contribution in [0, 0.1) is 6.92 Å². The van der Waals surface area contributed by atoms with Gasteiger partial charge in [-0.3, -0.25) is 0 Å². The van der Waals surface area contributed by atoms with E-state index in [4.69, 9.17) is 3.63 Å². The first-order valence-corrected chi connectivity index (χ1v) is 16.6. The molecule has 0 aromatic heterocycles. The average Bonchev–Trinajstić information content (AvgIpc) is 2.92. The summed E-state index contributed by atoms with van der Waals surface area (Å²) in [4.78, 5) is 2.69. The number of aryl methyl sites for hydroxylation is 1. The van der Waals surface area contributed by atoms with Crippen LogP contribution in [0.15, 0.2) is 117 Å². The molecule has 39 heavy (non-hydrogen) atoms. The fourth-order valence-electron chi connectivity index (χ4n) is 4.54. The number of hydrogen-bond donors (Lipinski definition) is 0. The lowest BCUT2D eigenvalue weighted by Crippen LogP contribution is -2.15. The van der Waals surface area contributed by atoms with E-state index >= 15 is 0 Å². The highest BCUT2D eigenvalue weighted by atomic mass is 32.3. The van der Waals surface area contributed by atoms with Crippen LogP contribution < -0.4 is 0 Å². The molecule has 0 heterocycles. The summed E-state index contributed by atoms with van der Waals surface area (Å²) in [5.74, 6) is 1.07. The zero-order valence-electron chi connectivity index (χ0n) is 24.0. The summed E-state index contributed by atoms with van der Waals surface area (Å²) in [6, 6.07) is 31.7. The first kappa shape index (κ1) is 29.1. The van der Waals surface area contributed by atoms with Gasteiger partial charge in [-0.25, -0.2) is 3.63 Å². The lowest BCUT2D eigenvalue weighted by atomic mass is 10.0. The van der Waals surface area contributed by atoms with Gasteiger partial charge in [-0.05, 0) is 100 Å². The van der Waals surface area contributed by atoms with Crippen LogP contribution in [-0.4, -0.2) is 8.42 Å². The molecule has 206 valence electrons. The second kappa shape index (κ2) is 11.7. The zero-order valence-corrected chi connectivity index (χ0v) is 25.6. The van der Waals surface area contributed by atoms with Crippen LogP contribution in [0.1, 0.15) is 81.5 Å². The predicted molar refractivity (Wildman–Crippen MR) is 163 cm³/mol. The van der Waals surface area contributed by atoms with Gasteiger partial charge in [0, 0.05) is 14.7 Å². The third kappa shape index (κ3) is 6.16. The molecule has 4 aromatic rings. The molecule has 0 atom stereocenters. The first-order valence-electron chi connectivity index (χ1n) is 13.6. The number of hydrogen-bond acceptors (Lipinski definition) is 3. The summed E-state index contributed by atoms with van der Waals surface area (Å²) in [5, 5.41) is 0. The molecule has 0 spiro atoms. The van der Waals surface area contributed by atoms with Crippen molar-refractivity contribution in [3.8, 4) is 0 Å². The van der Waals surface area contributed by atoms with Crippen LogP contribution in [0.5, 0.6) is 0 Å². The molecule has 3 nitrogen and oxygen atoms in total. The molecule has 0 aliphatic carbocycles. The maximum atomic E-state index is 14.0. The van der Waals surface area contributed by atoms with Crippen molar-refractivity contribution in [3.63, 3.8) is 0 Å². The molecule has 4 rings (SSSR count). The highest BCUT2D eigenvalue weighted by Gasteiger charge is 2.38. The molecule has 0 saturated heterocycles. The largest absolute Gasteiger partial charge is 0.307 e. The summed E-state index contributed by atoms with van der Waals surface area (Å²) < 4.78 is 34.6. The topological polar surface area (TPSA) is 43.4 Å². The molecule has 0 aliphatic rings. The van der Waals surface area contributed by atoms with Crippen molar-refractivity contribution in [2.45, 2.75) is 85.8 Å². The second-order valence-electron chi connectivity index (χ2n) is 11.1. The highest BCUT2D eigenvalue weighted by Crippen LogP contribution is 2.70. The molecule has 0 bridgehead atoms. The predicted octanol–water partition coefficient (Wildman–Crippen LogP) is 9.97. The van der Waals surface area contributed by atoms with Gasteiger partial charge in [-0.15, -0.1) is 0 Å². The van der Waals surface area contributed by atoms with E-state index in [-0.39, 0.29) is 4.90 Å². The Balaban J connectivity index is 2.02. The fraction of sp³-hybridized carbons (Fsp3) is 0.294. The van der Waals surface area contributed by atoms with Crippen molar-refractivity contribution in [1.82, 2.24) is 0 Å². The minimum atomic E-state index is -4.12. The van der Waals surface area contributed by atoms with Crippen molar-refractivity contribution in [3.05, 3.63) is 119 Å². The maximum Gasteiger partial charge on any atom is 0.307 e. The van der Waals surface area contributed by atoms with Gasteiger partial charge in [0.25, 0.3) is 0 Å². The fourth-order valence-corrected chi connectivity index (χ4v) is 9.71. The van der Waals surface area contributed by atoms with Crippen molar-refractivity contribution in [2.24, 2.45) is 0 Å². The monoisotopic (exact) mass is 560 g/mol. The van der Waals surface area contributed by atoms with E-state index in [1.165, 1.54) is 16.7 Å². The van der Waals surface area contributed by atoms with Gasteiger partial charge in [-0.2, -0.15) is 8.42 Å². The van der Waals surface area contributed by atoms with E-state index in [0.717, 1.165) is 20.2 Å². The normalized spacial score (nSPS) is 12.9. The molecule has 0 amide bonds. The summed E-state index contributed by atoms with van der Waals surface area (Å²) in [6.07, 6.45) is 0. The molecular formula is C34H40O3S2. The Kier molecular flexibility index (Phi) is 8.75. The van der Waals surface area contributed by atoms with Crippen LogP contribution in [0.3, 0.4) is 0 Å². The zero-order chi connectivity index (χ0) is 28.4. The van der Waals surface area contributed by atoms with E-state index in [1.54, 1.807) is 24.3 Å². The van der Waals surface area contributed by atoms with E-state index in [9.17, 15) is 8.42 Å². The van der Waals surface area contributed by atoms with Gasteiger partial charge in [-0.1, -0.05) is 95.6 Å². The van der Waals surface area contributed by atoms with Crippen LogP contribution >= 0.6 is 10.3 Å². The summed E-state index contributed by atoms with van der Waals surface area (Å²) >= 11 is 0. The molecule has 0 unspecified atom stereocenters. The van der Waals surface area contributed by atoms with Gasteiger partial charge in [0.1, 0.15) is 0 Å². The molecular weight excluding hydrogens is 521 g/mol. The molecule has 5 heteroatoms. The minimum Gasteiger partial charge on any atom is -0.203 e. The van der Waals surface area contributed by atoms with Crippen LogP contribution in [0.4, 0.5) is 0 Å². The van der Waals surface area contributed by atoms with Crippen LogP contribution in [-0.2, 0) is 13.7 Å². The van der Waals surface area contributed by atoms with Gasteiger partial charge in [0.2, 0.25) is 0 Å². The lowest BCUT2D eigenvalue weighted by molar-refractivity contribution is 0.508. The second-order valence-corrected chi connectivity index (χ2v) is 15.5. The van der Waals surface area contributed by atoms with E-state index in [1.807, 2.05) is 43.3 Å².